The molecule has 8 nitrogen and oxygen atoms in total. The zero-order chi connectivity index (χ0) is 30.7. The molecule has 0 amide bonds. The van der Waals surface area contributed by atoms with Crippen molar-refractivity contribution >= 4 is 17.0 Å². The van der Waals surface area contributed by atoms with E-state index in [1.54, 1.807) is 23.6 Å². The number of imidazole rings is 1. The summed E-state index contributed by atoms with van der Waals surface area (Å²) in [6.07, 6.45) is -0.0599. The molecule has 0 aliphatic rings. The van der Waals surface area contributed by atoms with Gasteiger partial charge in [-0.25, -0.2) is 27.9 Å². The lowest BCUT2D eigenvalue weighted by Gasteiger charge is -2.12. The number of carboxylic acids is 1. The number of fused-ring (bicyclic) bond motifs is 1. The predicted octanol–water partition coefficient (Wildman–Crippen LogP) is 6.21. The molecule has 0 spiro atoms. The number of halogens is 3. The summed E-state index contributed by atoms with van der Waals surface area (Å²) >= 11 is 0. The highest BCUT2D eigenvalue weighted by Gasteiger charge is 2.19. The second-order valence-corrected chi connectivity index (χ2v) is 9.80. The van der Waals surface area contributed by atoms with E-state index in [9.17, 15) is 14.3 Å². The fraction of sp³-hybridized carbons (Fsp3) is 0.188. The summed E-state index contributed by atoms with van der Waals surface area (Å²) in [4.78, 5) is 20.6. The van der Waals surface area contributed by atoms with Gasteiger partial charge in [0.05, 0.1) is 40.5 Å². The van der Waals surface area contributed by atoms with Crippen molar-refractivity contribution in [2.45, 2.75) is 26.5 Å². The van der Waals surface area contributed by atoms with Crippen LogP contribution in [0.3, 0.4) is 0 Å². The molecule has 0 atom stereocenters. The predicted molar refractivity (Wildman–Crippen MR) is 151 cm³/mol. The lowest BCUT2D eigenvalue weighted by Crippen LogP contribution is -2.10. The largest absolute Gasteiger partial charge is 0.478 e. The zero-order valence-corrected chi connectivity index (χ0v) is 23.2. The Bertz CT molecular complexity index is 1900. The van der Waals surface area contributed by atoms with E-state index in [0.29, 0.717) is 35.6 Å². The number of carbonyl (C=O) groups is 1. The molecule has 2 heterocycles. The van der Waals surface area contributed by atoms with Crippen LogP contribution >= 0.6 is 0 Å². The van der Waals surface area contributed by atoms with Crippen LogP contribution in [0.15, 0.2) is 60.7 Å². The average Bonchev–Trinajstić information content (AvgIpc) is 3.31. The molecule has 3 aromatic carbocycles. The number of nitrogens with zero attached hydrogens (tertiary/aromatic N) is 4. The van der Waals surface area contributed by atoms with E-state index in [0.717, 1.165) is 18.2 Å². The summed E-state index contributed by atoms with van der Waals surface area (Å²) < 4.78 is 57.5. The Labute approximate surface area is 244 Å². The number of ether oxygens (including phenoxy) is 2. The topological polar surface area (TPSA) is 110 Å². The number of hydrogen-bond acceptors (Lipinski definition) is 6. The van der Waals surface area contributed by atoms with Gasteiger partial charge in [-0.3, -0.25) is 0 Å². The molecule has 0 radical (unpaired) electrons. The third-order valence-electron chi connectivity index (χ3n) is 6.96. The second kappa shape index (κ2) is 12.3. The molecule has 0 saturated carbocycles. The van der Waals surface area contributed by atoms with Crippen LogP contribution in [-0.4, -0.2) is 39.3 Å². The number of nitriles is 1. The molecule has 0 fully saturated rings. The molecule has 0 saturated heterocycles. The lowest BCUT2D eigenvalue weighted by molar-refractivity contribution is 0.0696. The van der Waals surface area contributed by atoms with E-state index in [-0.39, 0.29) is 52.4 Å². The van der Waals surface area contributed by atoms with Crippen molar-refractivity contribution in [1.29, 1.82) is 5.26 Å². The van der Waals surface area contributed by atoms with Gasteiger partial charge in [-0.2, -0.15) is 5.26 Å². The van der Waals surface area contributed by atoms with E-state index in [2.05, 4.69) is 9.97 Å². The maximum Gasteiger partial charge on any atom is 0.336 e. The highest BCUT2D eigenvalue weighted by Crippen LogP contribution is 2.29. The van der Waals surface area contributed by atoms with Crippen LogP contribution in [0.1, 0.15) is 38.4 Å². The van der Waals surface area contributed by atoms with Crippen LogP contribution < -0.4 is 4.74 Å². The summed E-state index contributed by atoms with van der Waals surface area (Å²) in [6.45, 7) is 2.12. The fourth-order valence-electron chi connectivity index (χ4n) is 4.74. The van der Waals surface area contributed by atoms with Crippen LogP contribution in [0.4, 0.5) is 13.2 Å². The number of aryl methyl sites for hydroxylation is 1. The van der Waals surface area contributed by atoms with Crippen molar-refractivity contribution in [1.82, 2.24) is 14.5 Å². The van der Waals surface area contributed by atoms with Crippen LogP contribution in [0, 0.1) is 35.7 Å². The van der Waals surface area contributed by atoms with Gasteiger partial charge >= 0.3 is 5.97 Å². The van der Waals surface area contributed by atoms with Crippen molar-refractivity contribution < 1.29 is 32.5 Å². The SMILES string of the molecule is COCCn1c(Cc2cc(F)c(-c3cccc(OCc4ccc(C#N)cc4F)n3)cc2F)nc2cc(C)c(C(=O)O)cc21. The van der Waals surface area contributed by atoms with Crippen LogP contribution in [-0.2, 0) is 24.3 Å². The summed E-state index contributed by atoms with van der Waals surface area (Å²) in [6, 6.07) is 15.7. The summed E-state index contributed by atoms with van der Waals surface area (Å²) in [5, 5.41) is 18.5. The standard InChI is InChI=1S/C32H25F3N4O4/c1-18-10-28-29(15-22(18)32(40)41)39(8-9-42-2)30(37-28)13-21-12-26(35)23(14-25(21)34)27-4-3-5-31(38-27)43-17-20-7-6-19(16-36)11-24(20)33/h3-7,10-12,14-15H,8-9,13,17H2,1-2H3,(H,40,41). The smallest absolute Gasteiger partial charge is 0.336 e. The number of methoxy groups -OCH3 is 1. The van der Waals surface area contributed by atoms with Gasteiger partial charge < -0.3 is 19.1 Å². The molecular weight excluding hydrogens is 561 g/mol. The summed E-state index contributed by atoms with van der Waals surface area (Å²) in [7, 11) is 1.53. The van der Waals surface area contributed by atoms with Crippen molar-refractivity contribution in [3.8, 4) is 23.2 Å². The van der Waals surface area contributed by atoms with Gasteiger partial charge in [0.1, 0.15) is 29.9 Å². The third-order valence-corrected chi connectivity index (χ3v) is 6.96. The molecular formula is C32H25F3N4O4. The molecule has 5 rings (SSSR count). The molecule has 218 valence electrons. The van der Waals surface area contributed by atoms with E-state index < -0.39 is 23.4 Å². The molecule has 0 aliphatic heterocycles. The Balaban J connectivity index is 1.42. The average molecular weight is 587 g/mol. The molecule has 5 aromatic rings. The van der Waals surface area contributed by atoms with E-state index in [4.69, 9.17) is 14.7 Å². The van der Waals surface area contributed by atoms with Gasteiger partial charge in [-0.15, -0.1) is 0 Å². The Morgan fingerprint density at radius 2 is 1.79 bits per heavy atom. The van der Waals surface area contributed by atoms with E-state index in [1.165, 1.54) is 37.4 Å². The first-order valence-corrected chi connectivity index (χ1v) is 13.2. The number of pyridine rings is 1. The Kier molecular flexibility index (Phi) is 8.41. The van der Waals surface area contributed by atoms with E-state index >= 15 is 8.78 Å². The first kappa shape index (κ1) is 29.3. The summed E-state index contributed by atoms with van der Waals surface area (Å²) in [5.41, 5.74) is 2.20. The molecule has 0 unspecified atom stereocenters. The normalized spacial score (nSPS) is 11.1. The fourth-order valence-corrected chi connectivity index (χ4v) is 4.74. The highest BCUT2D eigenvalue weighted by molar-refractivity contribution is 5.94. The number of hydrogen-bond donors (Lipinski definition) is 1. The van der Waals surface area contributed by atoms with E-state index in [1.807, 2.05) is 6.07 Å². The van der Waals surface area contributed by atoms with Gasteiger partial charge in [-0.05, 0) is 60.5 Å². The second-order valence-electron chi connectivity index (χ2n) is 9.80. The zero-order valence-electron chi connectivity index (χ0n) is 23.2. The molecule has 11 heteroatoms. The van der Waals surface area contributed by atoms with Gasteiger partial charge in [0.2, 0.25) is 5.88 Å². The first-order valence-electron chi connectivity index (χ1n) is 13.2. The molecule has 0 aliphatic carbocycles. The number of rotatable bonds is 10. The molecule has 43 heavy (non-hydrogen) atoms. The van der Waals surface area contributed by atoms with Gasteiger partial charge in [0.15, 0.2) is 0 Å². The minimum Gasteiger partial charge on any atom is -0.478 e. The number of aromatic carboxylic acids is 1. The minimum absolute atomic E-state index is 0.0501. The number of aromatic nitrogens is 3. The van der Waals surface area contributed by atoms with Crippen molar-refractivity contribution in [3.05, 3.63) is 112 Å². The van der Waals surface area contributed by atoms with Crippen LogP contribution in [0.25, 0.3) is 22.3 Å². The molecule has 2 aromatic heterocycles. The Morgan fingerprint density at radius 3 is 2.51 bits per heavy atom. The van der Waals surface area contributed by atoms with Crippen LogP contribution in [0.2, 0.25) is 0 Å². The minimum atomic E-state index is -1.08. The van der Waals surface area contributed by atoms with Crippen LogP contribution in [0.5, 0.6) is 5.88 Å². The van der Waals surface area contributed by atoms with Crippen molar-refractivity contribution in [2.24, 2.45) is 0 Å². The summed E-state index contributed by atoms with van der Waals surface area (Å²) in [5.74, 6) is -2.59. The van der Waals surface area contributed by atoms with Gasteiger partial charge in [0, 0.05) is 37.3 Å². The monoisotopic (exact) mass is 586 g/mol. The van der Waals surface area contributed by atoms with Gasteiger partial charge in [-0.1, -0.05) is 12.1 Å². The number of carboxylic acid groups (broad SMARTS) is 1. The first-order chi connectivity index (χ1) is 20.7. The molecule has 0 bridgehead atoms. The highest BCUT2D eigenvalue weighted by atomic mass is 19.1. The maximum absolute atomic E-state index is 15.4. The third kappa shape index (κ3) is 6.19. The quantitative estimate of drug-likeness (QED) is 0.207. The molecule has 1 N–H and O–H groups in total. The Hall–Kier alpha value is -5.21. The van der Waals surface area contributed by atoms with Gasteiger partial charge in [0.25, 0.3) is 0 Å². The lowest BCUT2D eigenvalue weighted by atomic mass is 10.0. The van der Waals surface area contributed by atoms with Crippen molar-refractivity contribution in [3.63, 3.8) is 0 Å². The Morgan fingerprint density at radius 1 is 1.00 bits per heavy atom. The number of benzene rings is 3. The van der Waals surface area contributed by atoms with Crippen molar-refractivity contribution in [2.75, 3.05) is 13.7 Å². The maximum atomic E-state index is 15.4.